The van der Waals surface area contributed by atoms with Crippen molar-refractivity contribution in [3.05, 3.63) is 75.0 Å². The largest absolute Gasteiger partial charge is 0.293 e. The van der Waals surface area contributed by atoms with E-state index in [1.54, 1.807) is 21.6 Å². The standard InChI is InChI=1S/C27H29N3O2S3/c1-4-6-10-19(5-2)17-30-26(32)22(35-27(30)33)15-21-24(34-20-11-8-7-9-12-20)28-23-14-13-18(3)16-29(23)25(21)31/h7-9,11-16,19H,4-6,10,17H2,1-3H3/b22-15-/t19-/m1/s1. The van der Waals surface area contributed by atoms with Crippen molar-refractivity contribution in [2.75, 3.05) is 6.54 Å². The molecule has 182 valence electrons. The zero-order valence-electron chi connectivity index (χ0n) is 20.2. The molecule has 4 rings (SSSR count). The van der Waals surface area contributed by atoms with Gasteiger partial charge in [-0.3, -0.25) is 18.9 Å². The number of thiocarbonyl (C=S) groups is 1. The van der Waals surface area contributed by atoms with Gasteiger partial charge in [0.05, 0.1) is 10.5 Å². The Morgan fingerprint density at radius 1 is 1.14 bits per heavy atom. The van der Waals surface area contributed by atoms with Gasteiger partial charge in [0.15, 0.2) is 0 Å². The predicted octanol–water partition coefficient (Wildman–Crippen LogP) is 6.57. The lowest BCUT2D eigenvalue weighted by Gasteiger charge is -2.21. The Bertz CT molecular complexity index is 1330. The number of rotatable bonds is 9. The Labute approximate surface area is 220 Å². The van der Waals surface area contributed by atoms with Crippen LogP contribution in [-0.2, 0) is 4.79 Å². The number of nitrogens with zero attached hydrogens (tertiary/aromatic N) is 3. The van der Waals surface area contributed by atoms with Crippen molar-refractivity contribution >= 4 is 57.7 Å². The molecule has 0 N–H and O–H groups in total. The van der Waals surface area contributed by atoms with Crippen molar-refractivity contribution in [3.8, 4) is 0 Å². The Morgan fingerprint density at radius 3 is 2.63 bits per heavy atom. The van der Waals surface area contributed by atoms with E-state index in [2.05, 4.69) is 13.8 Å². The number of aromatic nitrogens is 2. The van der Waals surface area contributed by atoms with E-state index in [-0.39, 0.29) is 11.5 Å². The summed E-state index contributed by atoms with van der Waals surface area (Å²) in [5, 5.41) is 0.574. The number of aryl methyl sites for hydroxylation is 1. The second kappa shape index (κ2) is 11.5. The van der Waals surface area contributed by atoms with Gasteiger partial charge in [0, 0.05) is 17.6 Å². The van der Waals surface area contributed by atoms with Crippen molar-refractivity contribution in [2.24, 2.45) is 5.92 Å². The highest BCUT2D eigenvalue weighted by Crippen LogP contribution is 2.36. The second-order valence-electron chi connectivity index (χ2n) is 8.69. The normalized spacial score (nSPS) is 16.0. The van der Waals surface area contributed by atoms with Gasteiger partial charge in [-0.15, -0.1) is 0 Å². The minimum Gasteiger partial charge on any atom is -0.293 e. The molecule has 1 atom stereocenters. The van der Waals surface area contributed by atoms with Crippen LogP contribution >= 0.6 is 35.7 Å². The van der Waals surface area contributed by atoms with Gasteiger partial charge >= 0.3 is 0 Å². The van der Waals surface area contributed by atoms with Crippen LogP contribution in [0, 0.1) is 12.8 Å². The van der Waals surface area contributed by atoms with Crippen LogP contribution in [0.1, 0.15) is 50.7 Å². The molecule has 0 aliphatic carbocycles. The number of fused-ring (bicyclic) bond motifs is 1. The van der Waals surface area contributed by atoms with Crippen molar-refractivity contribution in [1.82, 2.24) is 14.3 Å². The molecule has 5 nitrogen and oxygen atoms in total. The molecule has 8 heteroatoms. The summed E-state index contributed by atoms with van der Waals surface area (Å²) in [5.41, 5.74) is 1.74. The second-order valence-corrected chi connectivity index (χ2v) is 11.4. The van der Waals surface area contributed by atoms with Crippen LogP contribution in [-0.4, -0.2) is 31.1 Å². The van der Waals surface area contributed by atoms with Crippen LogP contribution in [0.2, 0.25) is 0 Å². The molecule has 0 radical (unpaired) electrons. The molecule has 2 aromatic heterocycles. The van der Waals surface area contributed by atoms with Gasteiger partial charge in [-0.2, -0.15) is 0 Å². The number of hydrogen-bond acceptors (Lipinski definition) is 6. The monoisotopic (exact) mass is 523 g/mol. The summed E-state index contributed by atoms with van der Waals surface area (Å²) >= 11 is 8.27. The first-order valence-corrected chi connectivity index (χ1v) is 14.0. The molecule has 1 aliphatic heterocycles. The number of pyridine rings is 1. The fraction of sp³-hybridized carbons (Fsp3) is 0.333. The highest BCUT2D eigenvalue weighted by molar-refractivity contribution is 8.26. The van der Waals surface area contributed by atoms with Crippen LogP contribution in [0.3, 0.4) is 0 Å². The van der Waals surface area contributed by atoms with Crippen LogP contribution in [0.4, 0.5) is 0 Å². The van der Waals surface area contributed by atoms with Crippen molar-refractivity contribution in [1.29, 1.82) is 0 Å². The lowest BCUT2D eigenvalue weighted by atomic mass is 9.99. The van der Waals surface area contributed by atoms with Gasteiger partial charge in [0.1, 0.15) is 15.0 Å². The van der Waals surface area contributed by atoms with E-state index in [4.69, 9.17) is 17.2 Å². The summed E-state index contributed by atoms with van der Waals surface area (Å²) in [6, 6.07) is 13.6. The third-order valence-electron chi connectivity index (χ3n) is 6.06. The van der Waals surface area contributed by atoms with E-state index < -0.39 is 0 Å². The minimum absolute atomic E-state index is 0.126. The molecule has 0 unspecified atom stereocenters. The molecule has 1 fully saturated rings. The Hall–Kier alpha value is -2.42. The van der Waals surface area contributed by atoms with Crippen LogP contribution in [0.25, 0.3) is 11.7 Å². The maximum Gasteiger partial charge on any atom is 0.266 e. The van der Waals surface area contributed by atoms with E-state index in [1.807, 2.05) is 49.4 Å². The lowest BCUT2D eigenvalue weighted by Crippen LogP contribution is -2.33. The first kappa shape index (κ1) is 25.7. The average Bonchev–Trinajstić information content (AvgIpc) is 3.12. The molecule has 0 saturated carbocycles. The summed E-state index contributed by atoms with van der Waals surface area (Å²) in [7, 11) is 0. The zero-order chi connectivity index (χ0) is 24.9. The number of thioether (sulfide) groups is 1. The number of benzene rings is 1. The Kier molecular flexibility index (Phi) is 8.46. The van der Waals surface area contributed by atoms with E-state index in [0.717, 1.165) is 36.1 Å². The van der Waals surface area contributed by atoms with Crippen molar-refractivity contribution < 1.29 is 4.79 Å². The van der Waals surface area contributed by atoms with Crippen LogP contribution < -0.4 is 5.56 Å². The molecular weight excluding hydrogens is 495 g/mol. The Morgan fingerprint density at radius 2 is 1.91 bits per heavy atom. The maximum atomic E-state index is 13.6. The highest BCUT2D eigenvalue weighted by Gasteiger charge is 2.33. The van der Waals surface area contributed by atoms with E-state index >= 15 is 0 Å². The van der Waals surface area contributed by atoms with Crippen LogP contribution in [0.15, 0.2) is 68.3 Å². The molecule has 0 spiro atoms. The quantitative estimate of drug-likeness (QED) is 0.180. The summed E-state index contributed by atoms with van der Waals surface area (Å²) in [6.07, 6.45) is 7.82. The van der Waals surface area contributed by atoms with Gasteiger partial charge in [-0.1, -0.05) is 93.1 Å². The number of carbonyl (C=O) groups is 1. The average molecular weight is 524 g/mol. The summed E-state index contributed by atoms with van der Waals surface area (Å²) < 4.78 is 2.10. The molecule has 3 aromatic rings. The molecule has 0 bridgehead atoms. The van der Waals surface area contributed by atoms with E-state index in [1.165, 1.54) is 23.5 Å². The third kappa shape index (κ3) is 5.88. The molecule has 1 aliphatic rings. The smallest absolute Gasteiger partial charge is 0.266 e. The van der Waals surface area contributed by atoms with Crippen molar-refractivity contribution in [2.45, 2.75) is 56.4 Å². The van der Waals surface area contributed by atoms with Crippen molar-refractivity contribution in [3.63, 3.8) is 0 Å². The number of unbranched alkanes of at least 4 members (excludes halogenated alkanes) is 1. The maximum absolute atomic E-state index is 13.6. The van der Waals surface area contributed by atoms with Gasteiger partial charge in [0.25, 0.3) is 11.5 Å². The first-order chi connectivity index (χ1) is 16.9. The fourth-order valence-corrected chi connectivity index (χ4v) is 6.17. The number of amides is 1. The van der Waals surface area contributed by atoms with Gasteiger partial charge < -0.3 is 0 Å². The summed E-state index contributed by atoms with van der Waals surface area (Å²) in [5.74, 6) is 0.288. The van der Waals surface area contributed by atoms with E-state index in [9.17, 15) is 9.59 Å². The highest BCUT2D eigenvalue weighted by atomic mass is 32.2. The van der Waals surface area contributed by atoms with Gasteiger partial charge in [-0.05, 0) is 49.1 Å². The van der Waals surface area contributed by atoms with Crippen LogP contribution in [0.5, 0.6) is 0 Å². The molecule has 1 saturated heterocycles. The lowest BCUT2D eigenvalue weighted by molar-refractivity contribution is -0.122. The fourth-order valence-electron chi connectivity index (χ4n) is 4.00. The number of hydrogen-bond donors (Lipinski definition) is 0. The zero-order valence-corrected chi connectivity index (χ0v) is 22.6. The first-order valence-electron chi connectivity index (χ1n) is 11.9. The molecule has 1 amide bonds. The molecule has 3 heterocycles. The summed E-state index contributed by atoms with van der Waals surface area (Å²) in [4.78, 5) is 34.9. The summed E-state index contributed by atoms with van der Waals surface area (Å²) in [6.45, 7) is 6.90. The van der Waals surface area contributed by atoms with Gasteiger partial charge in [0.2, 0.25) is 0 Å². The third-order valence-corrected chi connectivity index (χ3v) is 8.45. The Balaban J connectivity index is 1.74. The number of carbonyl (C=O) groups excluding carboxylic acids is 1. The minimum atomic E-state index is -0.197. The molecule has 35 heavy (non-hydrogen) atoms. The molecular formula is C27H29N3O2S3. The topological polar surface area (TPSA) is 54.7 Å². The van der Waals surface area contributed by atoms with E-state index in [0.29, 0.717) is 37.9 Å². The van der Waals surface area contributed by atoms with Gasteiger partial charge in [-0.25, -0.2) is 4.98 Å². The predicted molar refractivity (Wildman–Crippen MR) is 150 cm³/mol. The SMILES string of the molecule is CCCC[C@@H](CC)CN1C(=O)/C(=C/c2c(Sc3ccccc3)nc3ccc(C)cn3c2=O)SC1=S. The molecule has 1 aromatic carbocycles.